The van der Waals surface area contributed by atoms with Gasteiger partial charge >= 0.3 is 0 Å². The van der Waals surface area contributed by atoms with Gasteiger partial charge in [-0.1, -0.05) is 18.2 Å². The quantitative estimate of drug-likeness (QED) is 0.174. The minimum Gasteiger partial charge on any atom is -0.493 e. The number of aliphatic imine (C=N–C) groups is 1. The second-order valence-electron chi connectivity index (χ2n) is 6.34. The van der Waals surface area contributed by atoms with Crippen molar-refractivity contribution in [1.29, 1.82) is 0 Å². The Balaban J connectivity index is 0.00000480. The molecule has 9 heteroatoms. The number of carbonyl (C=O) groups is 1. The standard InChI is InChI=1S/C22H29FN4O3.HI/c1-3-24-22(26-13-12-25-21(28)19-10-4-5-11-20(19)23)27-17-8-6-9-18(16-17)30-15-7-14-29-2;/h4-6,8-11,16H,3,7,12-15H2,1-2H3,(H,25,28)(H2,24,26,27);1H. The minimum absolute atomic E-state index is 0. The van der Waals surface area contributed by atoms with Gasteiger partial charge in [-0.2, -0.15) is 0 Å². The predicted molar refractivity (Wildman–Crippen MR) is 132 cm³/mol. The Labute approximate surface area is 199 Å². The molecule has 2 aromatic rings. The SMILES string of the molecule is CCNC(=NCCNC(=O)c1ccccc1F)Nc1cccc(OCCCOC)c1.I. The summed E-state index contributed by atoms with van der Waals surface area (Å²) in [5.41, 5.74) is 0.850. The number of nitrogens with one attached hydrogen (secondary N) is 3. The van der Waals surface area contributed by atoms with Crippen LogP contribution in [0.15, 0.2) is 53.5 Å². The second kappa shape index (κ2) is 15.4. The lowest BCUT2D eigenvalue weighted by Crippen LogP contribution is -2.32. The van der Waals surface area contributed by atoms with Gasteiger partial charge in [-0.25, -0.2) is 4.39 Å². The first-order chi connectivity index (χ1) is 14.6. The molecule has 0 unspecified atom stereocenters. The van der Waals surface area contributed by atoms with Crippen molar-refractivity contribution < 1.29 is 18.7 Å². The van der Waals surface area contributed by atoms with E-state index in [9.17, 15) is 9.18 Å². The first-order valence-electron chi connectivity index (χ1n) is 9.94. The van der Waals surface area contributed by atoms with E-state index in [4.69, 9.17) is 9.47 Å². The predicted octanol–water partition coefficient (Wildman–Crippen LogP) is 3.67. The largest absolute Gasteiger partial charge is 0.493 e. The normalized spacial score (nSPS) is 10.7. The summed E-state index contributed by atoms with van der Waals surface area (Å²) in [7, 11) is 1.66. The molecule has 2 aromatic carbocycles. The third-order valence-corrected chi connectivity index (χ3v) is 3.99. The van der Waals surface area contributed by atoms with Crippen LogP contribution in [0, 0.1) is 5.82 Å². The Hall–Kier alpha value is -2.40. The summed E-state index contributed by atoms with van der Waals surface area (Å²) < 4.78 is 24.4. The van der Waals surface area contributed by atoms with Crippen LogP contribution < -0.4 is 20.7 Å². The molecule has 0 atom stereocenters. The van der Waals surface area contributed by atoms with E-state index in [0.717, 1.165) is 17.9 Å². The molecule has 0 spiro atoms. The average Bonchev–Trinajstić information content (AvgIpc) is 2.75. The van der Waals surface area contributed by atoms with Crippen molar-refractivity contribution in [2.24, 2.45) is 4.99 Å². The molecule has 170 valence electrons. The molecule has 0 aromatic heterocycles. The number of hydrogen-bond acceptors (Lipinski definition) is 4. The molecule has 1 amide bonds. The number of methoxy groups -OCH3 is 1. The minimum atomic E-state index is -0.544. The van der Waals surface area contributed by atoms with Gasteiger partial charge < -0.3 is 25.4 Å². The van der Waals surface area contributed by atoms with Crippen molar-refractivity contribution in [2.75, 3.05) is 45.3 Å². The molecule has 7 nitrogen and oxygen atoms in total. The number of anilines is 1. The fourth-order valence-electron chi connectivity index (χ4n) is 2.58. The van der Waals surface area contributed by atoms with Crippen LogP contribution in [0.3, 0.4) is 0 Å². The molecule has 0 radical (unpaired) electrons. The van der Waals surface area contributed by atoms with Gasteiger partial charge in [-0.15, -0.1) is 24.0 Å². The maximum atomic E-state index is 13.6. The average molecular weight is 544 g/mol. The fraction of sp³-hybridized carbons (Fsp3) is 0.364. The van der Waals surface area contributed by atoms with Crippen LogP contribution >= 0.6 is 24.0 Å². The van der Waals surface area contributed by atoms with E-state index in [1.807, 2.05) is 31.2 Å². The van der Waals surface area contributed by atoms with Crippen LogP contribution in [0.5, 0.6) is 5.75 Å². The summed E-state index contributed by atoms with van der Waals surface area (Å²) >= 11 is 0. The smallest absolute Gasteiger partial charge is 0.254 e. The molecule has 2 rings (SSSR count). The van der Waals surface area contributed by atoms with Gasteiger partial charge in [0.05, 0.1) is 18.7 Å². The lowest BCUT2D eigenvalue weighted by atomic mass is 10.2. The summed E-state index contributed by atoms with van der Waals surface area (Å²) in [5.74, 6) is 0.329. The lowest BCUT2D eigenvalue weighted by molar-refractivity contribution is 0.0951. The Kier molecular flexibility index (Phi) is 13.2. The number of amides is 1. The highest BCUT2D eigenvalue weighted by atomic mass is 127. The molecule has 0 saturated carbocycles. The number of benzene rings is 2. The summed E-state index contributed by atoms with van der Waals surface area (Å²) in [6.07, 6.45) is 0.816. The molecule has 31 heavy (non-hydrogen) atoms. The number of rotatable bonds is 11. The van der Waals surface area contributed by atoms with Crippen molar-refractivity contribution in [3.63, 3.8) is 0 Å². The maximum absolute atomic E-state index is 13.6. The summed E-state index contributed by atoms with van der Waals surface area (Å²) in [6, 6.07) is 13.5. The molecule has 3 N–H and O–H groups in total. The molecular formula is C22H30FIN4O3. The molecular weight excluding hydrogens is 514 g/mol. The number of carbonyl (C=O) groups excluding carboxylic acids is 1. The Morgan fingerprint density at radius 1 is 1.10 bits per heavy atom. The van der Waals surface area contributed by atoms with Gasteiger partial charge in [0, 0.05) is 45.0 Å². The van der Waals surface area contributed by atoms with E-state index in [0.29, 0.717) is 32.3 Å². The van der Waals surface area contributed by atoms with E-state index in [2.05, 4.69) is 20.9 Å². The molecule has 0 heterocycles. The van der Waals surface area contributed by atoms with Gasteiger partial charge in [0.25, 0.3) is 5.91 Å². The topological polar surface area (TPSA) is 84.0 Å². The molecule has 0 fully saturated rings. The molecule has 0 bridgehead atoms. The van der Waals surface area contributed by atoms with E-state index >= 15 is 0 Å². The zero-order chi connectivity index (χ0) is 21.6. The number of halogens is 2. The van der Waals surface area contributed by atoms with Crippen molar-refractivity contribution in [3.05, 3.63) is 59.9 Å². The van der Waals surface area contributed by atoms with Gasteiger partial charge in [0.15, 0.2) is 5.96 Å². The van der Waals surface area contributed by atoms with Crippen LogP contribution in [0.1, 0.15) is 23.7 Å². The summed E-state index contributed by atoms with van der Waals surface area (Å²) in [4.78, 5) is 16.5. The fourth-order valence-corrected chi connectivity index (χ4v) is 2.58. The molecule has 0 saturated heterocycles. The van der Waals surface area contributed by atoms with Crippen LogP contribution in [0.4, 0.5) is 10.1 Å². The summed E-state index contributed by atoms with van der Waals surface area (Å²) in [6.45, 7) is 4.50. The zero-order valence-corrected chi connectivity index (χ0v) is 20.1. The molecule has 0 aliphatic carbocycles. The van der Waals surface area contributed by atoms with E-state index in [-0.39, 0.29) is 36.1 Å². The number of nitrogens with zero attached hydrogens (tertiary/aromatic N) is 1. The highest BCUT2D eigenvalue weighted by molar-refractivity contribution is 14.0. The third-order valence-electron chi connectivity index (χ3n) is 3.99. The van der Waals surface area contributed by atoms with E-state index in [1.54, 1.807) is 19.2 Å². The number of guanidine groups is 1. The van der Waals surface area contributed by atoms with Crippen LogP contribution in [-0.4, -0.2) is 51.8 Å². The Bertz CT molecular complexity index is 836. The van der Waals surface area contributed by atoms with Crippen LogP contribution in [-0.2, 0) is 4.74 Å². The highest BCUT2D eigenvalue weighted by Gasteiger charge is 2.09. The monoisotopic (exact) mass is 544 g/mol. The lowest BCUT2D eigenvalue weighted by Gasteiger charge is -2.13. The van der Waals surface area contributed by atoms with Crippen LogP contribution in [0.25, 0.3) is 0 Å². The second-order valence-corrected chi connectivity index (χ2v) is 6.34. The first kappa shape index (κ1) is 26.6. The van der Waals surface area contributed by atoms with Crippen molar-refractivity contribution in [2.45, 2.75) is 13.3 Å². The van der Waals surface area contributed by atoms with Gasteiger partial charge in [-0.3, -0.25) is 9.79 Å². The van der Waals surface area contributed by atoms with Gasteiger partial charge in [-0.05, 0) is 31.2 Å². The number of hydrogen-bond donors (Lipinski definition) is 3. The van der Waals surface area contributed by atoms with Gasteiger partial charge in [0.1, 0.15) is 11.6 Å². The van der Waals surface area contributed by atoms with Crippen molar-refractivity contribution in [3.8, 4) is 5.75 Å². The Morgan fingerprint density at radius 3 is 2.65 bits per heavy atom. The van der Waals surface area contributed by atoms with Crippen LogP contribution in [0.2, 0.25) is 0 Å². The summed E-state index contributed by atoms with van der Waals surface area (Å²) in [5, 5.41) is 9.03. The van der Waals surface area contributed by atoms with Gasteiger partial charge in [0.2, 0.25) is 0 Å². The maximum Gasteiger partial charge on any atom is 0.254 e. The third kappa shape index (κ3) is 9.97. The number of ether oxygens (including phenoxy) is 2. The Morgan fingerprint density at radius 2 is 1.90 bits per heavy atom. The first-order valence-corrected chi connectivity index (χ1v) is 9.94. The molecule has 0 aliphatic rings. The van der Waals surface area contributed by atoms with Crippen molar-refractivity contribution in [1.82, 2.24) is 10.6 Å². The van der Waals surface area contributed by atoms with E-state index in [1.165, 1.54) is 12.1 Å². The highest BCUT2D eigenvalue weighted by Crippen LogP contribution is 2.17. The molecule has 0 aliphatic heterocycles. The van der Waals surface area contributed by atoms with Crippen molar-refractivity contribution >= 4 is 41.5 Å². The van der Waals surface area contributed by atoms with E-state index < -0.39 is 11.7 Å². The zero-order valence-electron chi connectivity index (χ0n) is 17.8.